The summed E-state index contributed by atoms with van der Waals surface area (Å²) in [6.45, 7) is 0. The molecule has 0 saturated carbocycles. The number of para-hydroxylation sites is 8. The summed E-state index contributed by atoms with van der Waals surface area (Å²) < 4.78 is 14.7. The predicted molar refractivity (Wildman–Crippen MR) is 465 cm³/mol. The van der Waals surface area contributed by atoms with E-state index in [1.165, 1.54) is 180 Å². The van der Waals surface area contributed by atoms with Crippen molar-refractivity contribution in [2.24, 2.45) is 0 Å². The molecule has 0 radical (unpaired) electrons. The normalized spacial score (nSPS) is 12.0. The van der Waals surface area contributed by atoms with Crippen LogP contribution in [0.3, 0.4) is 0 Å². The van der Waals surface area contributed by atoms with Gasteiger partial charge in [-0.05, 0) is 166 Å². The number of rotatable bonds is 8. The van der Waals surface area contributed by atoms with Crippen LogP contribution in [0.15, 0.2) is 400 Å². The molecule has 0 aliphatic rings. The second-order valence-electron chi connectivity index (χ2n) is 29.0. The first-order chi connectivity index (χ1) is 54.6. The van der Waals surface area contributed by atoms with Gasteiger partial charge in [0.1, 0.15) is 0 Å². The van der Waals surface area contributed by atoms with Gasteiger partial charge in [-0.3, -0.25) is 0 Å². The van der Waals surface area contributed by atoms with Crippen molar-refractivity contribution in [1.29, 1.82) is 0 Å². The zero-order valence-electron chi connectivity index (χ0n) is 59.8. The van der Waals surface area contributed by atoms with Crippen molar-refractivity contribution in [1.82, 2.24) is 27.4 Å². The summed E-state index contributed by atoms with van der Waals surface area (Å²) in [7, 11) is 0. The van der Waals surface area contributed by atoms with Gasteiger partial charge in [0.2, 0.25) is 0 Å². The molecule has 0 aliphatic carbocycles. The minimum absolute atomic E-state index is 1.13. The Balaban J connectivity index is 0.000000132. The molecule has 6 heterocycles. The molecule has 0 bridgehead atoms. The van der Waals surface area contributed by atoms with Crippen LogP contribution >= 0.6 is 0 Å². The molecule has 0 saturated heterocycles. The van der Waals surface area contributed by atoms with Crippen molar-refractivity contribution in [3.05, 3.63) is 400 Å². The molecular formula is C104H66N6. The average molecular weight is 1400 g/mol. The van der Waals surface area contributed by atoms with Gasteiger partial charge in [0, 0.05) is 98.5 Å². The number of nitrogens with zero attached hydrogens (tertiary/aromatic N) is 6. The number of fused-ring (bicyclic) bond motifs is 22. The zero-order chi connectivity index (χ0) is 72.1. The summed E-state index contributed by atoms with van der Waals surface area (Å²) in [6.07, 6.45) is 0. The topological polar surface area (TPSA) is 29.6 Å². The van der Waals surface area contributed by atoms with E-state index in [0.717, 1.165) is 28.4 Å². The summed E-state index contributed by atoms with van der Waals surface area (Å²) in [5, 5.41) is 20.0. The van der Waals surface area contributed by atoms with Crippen LogP contribution in [0.5, 0.6) is 0 Å². The van der Waals surface area contributed by atoms with Crippen LogP contribution in [0.1, 0.15) is 0 Å². The molecule has 0 fully saturated rings. The molecule has 6 heteroatoms. The molecule has 0 unspecified atom stereocenters. The van der Waals surface area contributed by atoms with Crippen molar-refractivity contribution in [2.45, 2.75) is 0 Å². The lowest BCUT2D eigenvalue weighted by molar-refractivity contribution is 1.14. The molecule has 24 rings (SSSR count). The highest BCUT2D eigenvalue weighted by Crippen LogP contribution is 2.47. The lowest BCUT2D eigenvalue weighted by Crippen LogP contribution is -1.98. The van der Waals surface area contributed by atoms with E-state index >= 15 is 0 Å². The smallest absolute Gasteiger partial charge is 0.0641 e. The van der Waals surface area contributed by atoms with Crippen molar-refractivity contribution < 1.29 is 0 Å². The number of benzene rings is 18. The Bertz CT molecular complexity index is 7770. The minimum atomic E-state index is 1.13. The number of hydrogen-bond acceptors (Lipinski definition) is 0. The molecule has 0 amide bonds. The Kier molecular flexibility index (Phi) is 13.7. The van der Waals surface area contributed by atoms with Crippen LogP contribution in [0, 0.1) is 0 Å². The van der Waals surface area contributed by atoms with E-state index < -0.39 is 0 Å². The first kappa shape index (κ1) is 61.6. The standard InChI is InChI=1S/2C52H33N3/c1-2-14-34(15-3-1)37-30-32-49(39-17-5-4-16-38(37)39)55-47-24-12-8-20-42(47)43-31-33-50-51(52(43)55)44-21-9-13-25-48(44)54(50)36-28-26-35(27-29-36)53-45-22-10-6-18-40(45)41-19-7-11-23-46(41)53;1-2-14-34(15-3-1)45-33-38(32-35-16-4-5-17-39(35)45)55-48-24-12-8-20-42(48)43-30-31-50-51(52(43)55)44-21-9-13-25-49(44)54(50)37-28-26-36(27-29-37)53-46-22-10-6-18-40(46)41-19-7-11-23-47(41)53/h2*1-33H. The van der Waals surface area contributed by atoms with Gasteiger partial charge in [-0.25, -0.2) is 0 Å². The number of aromatic nitrogens is 6. The molecule has 18 aromatic carbocycles. The molecule has 0 atom stereocenters. The third-order valence-corrected chi connectivity index (χ3v) is 23.2. The Morgan fingerprint density at radius 2 is 0.445 bits per heavy atom. The second kappa shape index (κ2) is 24.4. The minimum Gasteiger partial charge on any atom is -0.309 e. The van der Waals surface area contributed by atoms with E-state index in [1.807, 2.05) is 0 Å². The Morgan fingerprint density at radius 1 is 0.145 bits per heavy atom. The van der Waals surface area contributed by atoms with Crippen LogP contribution in [0.25, 0.3) is 209 Å². The van der Waals surface area contributed by atoms with E-state index in [0.29, 0.717) is 0 Å². The maximum absolute atomic E-state index is 2.52. The first-order valence-electron chi connectivity index (χ1n) is 37.9. The van der Waals surface area contributed by atoms with E-state index in [-0.39, 0.29) is 0 Å². The van der Waals surface area contributed by atoms with Gasteiger partial charge >= 0.3 is 0 Å². The van der Waals surface area contributed by atoms with Crippen molar-refractivity contribution in [2.75, 3.05) is 0 Å². The third kappa shape index (κ3) is 9.17. The van der Waals surface area contributed by atoms with Gasteiger partial charge in [0.25, 0.3) is 0 Å². The fourth-order valence-electron chi connectivity index (χ4n) is 18.6. The van der Waals surface area contributed by atoms with Gasteiger partial charge in [0.05, 0.1) is 71.9 Å². The van der Waals surface area contributed by atoms with Crippen LogP contribution in [-0.4, -0.2) is 27.4 Å². The van der Waals surface area contributed by atoms with Crippen molar-refractivity contribution in [3.63, 3.8) is 0 Å². The van der Waals surface area contributed by atoms with E-state index in [1.54, 1.807) is 0 Å². The van der Waals surface area contributed by atoms with Gasteiger partial charge in [-0.2, -0.15) is 0 Å². The Morgan fingerprint density at radius 3 is 0.873 bits per heavy atom. The summed E-state index contributed by atoms with van der Waals surface area (Å²) >= 11 is 0. The van der Waals surface area contributed by atoms with Crippen molar-refractivity contribution in [3.8, 4) is 56.4 Å². The van der Waals surface area contributed by atoms with Crippen LogP contribution in [0.4, 0.5) is 0 Å². The lowest BCUT2D eigenvalue weighted by Gasteiger charge is -2.15. The third-order valence-electron chi connectivity index (χ3n) is 23.2. The second-order valence-corrected chi connectivity index (χ2v) is 29.0. The Labute approximate surface area is 632 Å². The van der Waals surface area contributed by atoms with Crippen LogP contribution < -0.4 is 0 Å². The molecule has 6 aromatic heterocycles. The highest BCUT2D eigenvalue weighted by molar-refractivity contribution is 6.28. The maximum Gasteiger partial charge on any atom is 0.0641 e. The lowest BCUT2D eigenvalue weighted by atomic mass is 9.97. The number of hydrogen-bond donors (Lipinski definition) is 0. The van der Waals surface area contributed by atoms with E-state index in [2.05, 4.69) is 428 Å². The molecule has 24 aromatic rings. The monoisotopic (exact) mass is 1400 g/mol. The molecular weight excluding hydrogens is 1330 g/mol. The summed E-state index contributed by atoms with van der Waals surface area (Å²) in [6, 6.07) is 146. The van der Waals surface area contributed by atoms with Crippen LogP contribution in [-0.2, 0) is 0 Å². The molecule has 512 valence electrons. The maximum atomic E-state index is 2.52. The van der Waals surface area contributed by atoms with Gasteiger partial charge in [-0.15, -0.1) is 0 Å². The fourth-order valence-corrected chi connectivity index (χ4v) is 18.6. The molecule has 0 aliphatic heterocycles. The van der Waals surface area contributed by atoms with Gasteiger partial charge in [0.15, 0.2) is 0 Å². The predicted octanol–water partition coefficient (Wildman–Crippen LogP) is 27.6. The highest BCUT2D eigenvalue weighted by Gasteiger charge is 2.26. The van der Waals surface area contributed by atoms with E-state index in [9.17, 15) is 0 Å². The Hall–Kier alpha value is -14.7. The summed E-state index contributed by atoms with van der Waals surface area (Å²) in [4.78, 5) is 0. The molecule has 0 N–H and O–H groups in total. The largest absolute Gasteiger partial charge is 0.309 e. The van der Waals surface area contributed by atoms with Gasteiger partial charge < -0.3 is 27.4 Å². The average Bonchev–Trinajstić information content (AvgIpc) is 1.54. The molecule has 6 nitrogen and oxygen atoms in total. The van der Waals surface area contributed by atoms with Crippen LogP contribution in [0.2, 0.25) is 0 Å². The first-order valence-corrected chi connectivity index (χ1v) is 37.9. The van der Waals surface area contributed by atoms with Crippen molar-refractivity contribution >= 4 is 152 Å². The zero-order valence-corrected chi connectivity index (χ0v) is 59.8. The summed E-state index contributed by atoms with van der Waals surface area (Å²) in [5.41, 5.74) is 26.3. The SMILES string of the molecule is c1ccc(-c2cc(-n3c4ccccc4c4ccc5c(c6ccccc6n5-c5ccc(-n6c7ccccc7c7ccccc76)cc5)c43)cc3ccccc23)cc1.c1ccc(-c2ccc(-n3c4ccccc4c4ccc5c(c6ccccc6n5-c5ccc(-n6c7ccccc7c7ccccc76)cc5)c43)c3ccccc23)cc1. The highest BCUT2D eigenvalue weighted by atomic mass is 15.0. The van der Waals surface area contributed by atoms with E-state index in [4.69, 9.17) is 0 Å². The van der Waals surface area contributed by atoms with Gasteiger partial charge in [-0.1, -0.05) is 273 Å². The quantitative estimate of drug-likeness (QED) is 0.145. The fraction of sp³-hybridized carbons (Fsp3) is 0. The molecule has 0 spiro atoms. The summed E-state index contributed by atoms with van der Waals surface area (Å²) in [5.74, 6) is 0. The molecule has 110 heavy (non-hydrogen) atoms.